The van der Waals surface area contributed by atoms with Gasteiger partial charge in [-0.15, -0.1) is 0 Å². The van der Waals surface area contributed by atoms with Gasteiger partial charge in [-0.25, -0.2) is 0 Å². The number of benzene rings is 2. The van der Waals surface area contributed by atoms with Gasteiger partial charge >= 0.3 is 0 Å². The van der Waals surface area contributed by atoms with Gasteiger partial charge in [0.15, 0.2) is 11.5 Å². The molecule has 0 amide bonds. The van der Waals surface area contributed by atoms with E-state index in [2.05, 4.69) is 45.3 Å². The molecule has 0 saturated heterocycles. The summed E-state index contributed by atoms with van der Waals surface area (Å²) in [7, 11) is 3.26. The maximum atomic E-state index is 5.27. The van der Waals surface area contributed by atoms with Crippen molar-refractivity contribution in [1.29, 1.82) is 0 Å². The molecular formula is C16H17IN2O2. The lowest BCUT2D eigenvalue weighted by atomic mass is 10.2. The standard InChI is InChI=1S/C16H17IN2O2/c1-20-15-8-5-13(9-16(15)21-2)11-19-18-10-12-3-6-14(17)7-4-12/h3-10,19H,11H2,1-2H3/b18-10-. The summed E-state index contributed by atoms with van der Waals surface area (Å²) in [6, 6.07) is 14.0. The summed E-state index contributed by atoms with van der Waals surface area (Å²) >= 11 is 2.28. The van der Waals surface area contributed by atoms with Crippen LogP contribution in [0.25, 0.3) is 0 Å². The number of hydrogen-bond acceptors (Lipinski definition) is 4. The minimum atomic E-state index is 0.626. The molecular weight excluding hydrogens is 379 g/mol. The highest BCUT2D eigenvalue weighted by Crippen LogP contribution is 2.27. The van der Waals surface area contributed by atoms with Crippen LogP contribution in [-0.2, 0) is 6.54 Å². The van der Waals surface area contributed by atoms with Gasteiger partial charge < -0.3 is 14.9 Å². The largest absolute Gasteiger partial charge is 0.493 e. The van der Waals surface area contributed by atoms with E-state index in [-0.39, 0.29) is 0 Å². The molecule has 0 fully saturated rings. The number of methoxy groups -OCH3 is 2. The first-order valence-electron chi connectivity index (χ1n) is 6.45. The molecule has 0 aliphatic heterocycles. The molecule has 0 aliphatic carbocycles. The summed E-state index contributed by atoms with van der Waals surface area (Å²) < 4.78 is 11.7. The Morgan fingerprint density at radius 3 is 2.43 bits per heavy atom. The topological polar surface area (TPSA) is 42.8 Å². The average Bonchev–Trinajstić information content (AvgIpc) is 2.53. The van der Waals surface area contributed by atoms with Crippen molar-refractivity contribution in [2.24, 2.45) is 5.10 Å². The number of hydrogen-bond donors (Lipinski definition) is 1. The van der Waals surface area contributed by atoms with Crippen molar-refractivity contribution in [3.05, 3.63) is 57.2 Å². The molecule has 5 heteroatoms. The molecule has 0 spiro atoms. The summed E-state index contributed by atoms with van der Waals surface area (Å²) in [6.07, 6.45) is 1.80. The lowest BCUT2D eigenvalue weighted by Gasteiger charge is -2.09. The van der Waals surface area contributed by atoms with Crippen LogP contribution < -0.4 is 14.9 Å². The number of rotatable bonds is 6. The molecule has 21 heavy (non-hydrogen) atoms. The average molecular weight is 396 g/mol. The van der Waals surface area contributed by atoms with Gasteiger partial charge in [-0.1, -0.05) is 18.2 Å². The van der Waals surface area contributed by atoms with Crippen LogP contribution in [-0.4, -0.2) is 20.4 Å². The second-order valence-corrected chi connectivity index (χ2v) is 5.58. The fourth-order valence-corrected chi connectivity index (χ4v) is 2.16. The van der Waals surface area contributed by atoms with Crippen LogP contribution in [0.5, 0.6) is 11.5 Å². The van der Waals surface area contributed by atoms with Crippen molar-refractivity contribution >= 4 is 28.8 Å². The zero-order chi connectivity index (χ0) is 15.1. The molecule has 0 aromatic heterocycles. The fourth-order valence-electron chi connectivity index (χ4n) is 1.80. The van der Waals surface area contributed by atoms with Crippen molar-refractivity contribution in [3.8, 4) is 11.5 Å². The molecule has 1 N–H and O–H groups in total. The zero-order valence-corrected chi connectivity index (χ0v) is 14.1. The van der Waals surface area contributed by atoms with Gasteiger partial charge in [-0.05, 0) is 58.0 Å². The van der Waals surface area contributed by atoms with Gasteiger partial charge in [0.05, 0.1) is 27.0 Å². The maximum Gasteiger partial charge on any atom is 0.161 e. The smallest absolute Gasteiger partial charge is 0.161 e. The highest BCUT2D eigenvalue weighted by atomic mass is 127. The monoisotopic (exact) mass is 396 g/mol. The molecule has 2 rings (SSSR count). The van der Waals surface area contributed by atoms with Gasteiger partial charge in [0.1, 0.15) is 0 Å². The molecule has 0 bridgehead atoms. The summed E-state index contributed by atoms with van der Waals surface area (Å²) in [5.41, 5.74) is 5.17. The Kier molecular flexibility index (Phi) is 5.86. The molecule has 0 unspecified atom stereocenters. The van der Waals surface area contributed by atoms with E-state index in [1.807, 2.05) is 30.3 Å². The third-order valence-corrected chi connectivity index (χ3v) is 3.63. The van der Waals surface area contributed by atoms with Crippen LogP contribution in [0.1, 0.15) is 11.1 Å². The van der Waals surface area contributed by atoms with Gasteiger partial charge in [-0.2, -0.15) is 5.10 Å². The third-order valence-electron chi connectivity index (χ3n) is 2.91. The summed E-state index contributed by atoms with van der Waals surface area (Å²) in [4.78, 5) is 0. The third kappa shape index (κ3) is 4.63. The van der Waals surface area contributed by atoms with E-state index in [9.17, 15) is 0 Å². The van der Waals surface area contributed by atoms with Crippen molar-refractivity contribution in [2.75, 3.05) is 14.2 Å². The lowest BCUT2D eigenvalue weighted by molar-refractivity contribution is 0.354. The molecule has 2 aromatic rings. The molecule has 0 heterocycles. The van der Waals surface area contributed by atoms with E-state index in [0.29, 0.717) is 6.54 Å². The van der Waals surface area contributed by atoms with Crippen LogP contribution in [0, 0.1) is 3.57 Å². The van der Waals surface area contributed by atoms with Crippen molar-refractivity contribution in [2.45, 2.75) is 6.54 Å². The summed E-state index contributed by atoms with van der Waals surface area (Å²) in [5, 5.41) is 4.22. The van der Waals surface area contributed by atoms with E-state index in [1.165, 1.54) is 3.57 Å². The Morgan fingerprint density at radius 2 is 1.76 bits per heavy atom. The van der Waals surface area contributed by atoms with Gasteiger partial charge in [-0.3, -0.25) is 0 Å². The number of nitrogens with one attached hydrogen (secondary N) is 1. The SMILES string of the molecule is COc1ccc(CN/N=C\c2ccc(I)cc2)cc1OC. The van der Waals surface area contributed by atoms with E-state index in [1.54, 1.807) is 20.4 Å². The molecule has 110 valence electrons. The second-order valence-electron chi connectivity index (χ2n) is 4.33. The minimum absolute atomic E-state index is 0.626. The highest BCUT2D eigenvalue weighted by molar-refractivity contribution is 14.1. The number of ether oxygens (including phenoxy) is 2. The number of hydrazone groups is 1. The zero-order valence-electron chi connectivity index (χ0n) is 12.0. The van der Waals surface area contributed by atoms with Crippen LogP contribution in [0.3, 0.4) is 0 Å². The van der Waals surface area contributed by atoms with Crippen molar-refractivity contribution in [3.63, 3.8) is 0 Å². The first-order chi connectivity index (χ1) is 10.2. The minimum Gasteiger partial charge on any atom is -0.493 e. The van der Waals surface area contributed by atoms with E-state index < -0.39 is 0 Å². The Balaban J connectivity index is 1.92. The van der Waals surface area contributed by atoms with E-state index in [4.69, 9.17) is 9.47 Å². The van der Waals surface area contributed by atoms with Crippen molar-refractivity contribution < 1.29 is 9.47 Å². The number of halogens is 1. The first-order valence-corrected chi connectivity index (χ1v) is 7.53. The number of nitrogens with zero attached hydrogens (tertiary/aromatic N) is 1. The predicted octanol–water partition coefficient (Wildman–Crippen LogP) is 3.43. The van der Waals surface area contributed by atoms with Gasteiger partial charge in [0.25, 0.3) is 0 Å². The first kappa shape index (κ1) is 15.6. The lowest BCUT2D eigenvalue weighted by Crippen LogP contribution is -2.06. The Hall–Kier alpha value is -1.76. The summed E-state index contributed by atoms with van der Waals surface area (Å²) in [5.74, 6) is 1.45. The van der Waals surface area contributed by atoms with E-state index >= 15 is 0 Å². The Bertz CT molecular complexity index is 612. The van der Waals surface area contributed by atoms with Crippen LogP contribution in [0.2, 0.25) is 0 Å². The van der Waals surface area contributed by atoms with Crippen LogP contribution in [0.4, 0.5) is 0 Å². The normalized spacial score (nSPS) is 10.6. The van der Waals surface area contributed by atoms with Crippen LogP contribution >= 0.6 is 22.6 Å². The Labute approximate surface area is 138 Å². The predicted molar refractivity (Wildman–Crippen MR) is 93.1 cm³/mol. The Morgan fingerprint density at radius 1 is 1.05 bits per heavy atom. The van der Waals surface area contributed by atoms with Gasteiger partial charge in [0, 0.05) is 3.57 Å². The quantitative estimate of drug-likeness (QED) is 0.462. The molecule has 0 radical (unpaired) electrons. The molecule has 0 aliphatic rings. The maximum absolute atomic E-state index is 5.27. The second kappa shape index (κ2) is 7.87. The molecule has 4 nitrogen and oxygen atoms in total. The molecule has 0 atom stereocenters. The van der Waals surface area contributed by atoms with Gasteiger partial charge in [0.2, 0.25) is 0 Å². The van der Waals surface area contributed by atoms with E-state index in [0.717, 1.165) is 22.6 Å². The van der Waals surface area contributed by atoms with Crippen LogP contribution in [0.15, 0.2) is 47.6 Å². The molecule has 0 saturated carbocycles. The molecule has 2 aromatic carbocycles. The van der Waals surface area contributed by atoms with Crippen molar-refractivity contribution in [1.82, 2.24) is 5.43 Å². The highest BCUT2D eigenvalue weighted by Gasteiger charge is 2.03. The fraction of sp³-hybridized carbons (Fsp3) is 0.188. The summed E-state index contributed by atoms with van der Waals surface area (Å²) in [6.45, 7) is 0.626.